The summed E-state index contributed by atoms with van der Waals surface area (Å²) in [6, 6.07) is 4.09. The van der Waals surface area contributed by atoms with Crippen molar-refractivity contribution in [3.63, 3.8) is 0 Å². The highest BCUT2D eigenvalue weighted by atomic mass is 16.7. The number of aromatic nitrogens is 1. The van der Waals surface area contributed by atoms with E-state index in [9.17, 15) is 0 Å². The highest BCUT2D eigenvalue weighted by Gasteiger charge is 2.25. The first kappa shape index (κ1) is 29.3. The zero-order chi connectivity index (χ0) is 23.9. The summed E-state index contributed by atoms with van der Waals surface area (Å²) >= 11 is 0. The molecule has 0 amide bonds. The monoisotopic (exact) mass is 473 g/mol. The molecular weight excluding hydrogens is 418 g/mol. The highest BCUT2D eigenvalue weighted by molar-refractivity contribution is 5.08. The summed E-state index contributed by atoms with van der Waals surface area (Å²) in [7, 11) is 0. The Morgan fingerprint density at radius 2 is 1.32 bits per heavy atom. The molecule has 34 heavy (non-hydrogen) atoms. The van der Waals surface area contributed by atoms with E-state index in [1.807, 2.05) is 18.5 Å². The van der Waals surface area contributed by atoms with Crippen LogP contribution in [0, 0.1) is 0 Å². The Bertz CT molecular complexity index is 550. The number of hydrogen-bond acceptors (Lipinski definition) is 3. The van der Waals surface area contributed by atoms with Crippen molar-refractivity contribution in [1.29, 1.82) is 0 Å². The van der Waals surface area contributed by atoms with E-state index in [0.29, 0.717) is 6.10 Å². The van der Waals surface area contributed by atoms with Crippen molar-refractivity contribution < 1.29 is 9.47 Å². The second-order valence-corrected chi connectivity index (χ2v) is 10.5. The van der Waals surface area contributed by atoms with Crippen LogP contribution in [0.3, 0.4) is 0 Å². The molecule has 0 bridgehead atoms. The van der Waals surface area contributed by atoms with E-state index in [-0.39, 0.29) is 6.29 Å². The van der Waals surface area contributed by atoms with Gasteiger partial charge in [0.2, 0.25) is 0 Å². The quantitative estimate of drug-likeness (QED) is 0.148. The molecule has 0 aromatic carbocycles. The summed E-state index contributed by atoms with van der Waals surface area (Å²) in [6.45, 7) is 3.02. The van der Waals surface area contributed by atoms with E-state index in [1.165, 1.54) is 128 Å². The average Bonchev–Trinajstić information content (AvgIpc) is 3.31. The lowest BCUT2D eigenvalue weighted by atomic mass is 10.0. The van der Waals surface area contributed by atoms with E-state index in [0.717, 1.165) is 25.9 Å². The van der Waals surface area contributed by atoms with Gasteiger partial charge in [0.05, 0.1) is 12.7 Å². The van der Waals surface area contributed by atoms with Crippen molar-refractivity contribution in [3.05, 3.63) is 30.1 Å². The van der Waals surface area contributed by atoms with Gasteiger partial charge in [-0.25, -0.2) is 0 Å². The molecule has 1 aromatic heterocycles. The largest absolute Gasteiger partial charge is 0.352 e. The number of nitrogens with zero attached hydrogens (tertiary/aromatic N) is 1. The maximum atomic E-state index is 6.09. The third-order valence-electron chi connectivity index (χ3n) is 7.37. The molecule has 1 aromatic rings. The van der Waals surface area contributed by atoms with Crippen LogP contribution in [0.25, 0.3) is 0 Å². The first-order chi connectivity index (χ1) is 16.9. The molecule has 3 nitrogen and oxygen atoms in total. The smallest absolute Gasteiger partial charge is 0.158 e. The first-order valence-electron chi connectivity index (χ1n) is 15.0. The molecule has 2 unspecified atom stereocenters. The molecule has 1 aliphatic heterocycles. The lowest BCUT2D eigenvalue weighted by Gasteiger charge is -2.14. The molecule has 1 fully saturated rings. The lowest BCUT2D eigenvalue weighted by molar-refractivity contribution is -0.133. The Morgan fingerprint density at radius 3 is 1.85 bits per heavy atom. The van der Waals surface area contributed by atoms with Crippen LogP contribution < -0.4 is 0 Å². The fourth-order valence-corrected chi connectivity index (χ4v) is 5.14. The van der Waals surface area contributed by atoms with Crippen molar-refractivity contribution in [3.8, 4) is 0 Å². The second-order valence-electron chi connectivity index (χ2n) is 10.5. The van der Waals surface area contributed by atoms with Crippen LogP contribution >= 0.6 is 0 Å². The predicted molar refractivity (Wildman–Crippen MR) is 145 cm³/mol. The third kappa shape index (κ3) is 15.9. The van der Waals surface area contributed by atoms with Crippen LogP contribution in [-0.4, -0.2) is 24.0 Å². The van der Waals surface area contributed by atoms with Gasteiger partial charge in [0.25, 0.3) is 0 Å². The van der Waals surface area contributed by atoms with Crippen LogP contribution in [0.15, 0.2) is 24.5 Å². The Kier molecular flexibility index (Phi) is 18.4. The highest BCUT2D eigenvalue weighted by Crippen LogP contribution is 2.25. The minimum Gasteiger partial charge on any atom is -0.352 e. The Morgan fingerprint density at radius 1 is 0.765 bits per heavy atom. The molecule has 0 radical (unpaired) electrons. The van der Waals surface area contributed by atoms with Crippen LogP contribution in [0.2, 0.25) is 0 Å². The summed E-state index contributed by atoms with van der Waals surface area (Å²) in [5.41, 5.74) is 1.23. The van der Waals surface area contributed by atoms with E-state index in [4.69, 9.17) is 9.47 Å². The van der Waals surface area contributed by atoms with E-state index < -0.39 is 0 Å². The van der Waals surface area contributed by atoms with E-state index in [2.05, 4.69) is 18.0 Å². The van der Waals surface area contributed by atoms with Crippen molar-refractivity contribution in [2.75, 3.05) is 6.61 Å². The van der Waals surface area contributed by atoms with Crippen molar-refractivity contribution >= 4 is 0 Å². The standard InChI is InChI=1S/C31H55NO2/c1-2-3-4-5-6-7-8-9-10-11-12-13-14-15-16-17-18-19-22-30-23-24-31(34-30)33-27-25-29-21-20-26-32-28-29/h20-21,26,28,30-31H,2-19,22-25,27H2,1H3. The van der Waals surface area contributed by atoms with Crippen molar-refractivity contribution in [1.82, 2.24) is 4.98 Å². The Hall–Kier alpha value is -0.930. The van der Waals surface area contributed by atoms with Gasteiger partial charge in [-0.3, -0.25) is 4.98 Å². The van der Waals surface area contributed by atoms with Gasteiger partial charge in [-0.15, -0.1) is 0 Å². The van der Waals surface area contributed by atoms with Gasteiger partial charge in [0.15, 0.2) is 6.29 Å². The zero-order valence-electron chi connectivity index (χ0n) is 22.5. The van der Waals surface area contributed by atoms with Gasteiger partial charge in [-0.05, 0) is 30.9 Å². The summed E-state index contributed by atoms with van der Waals surface area (Å²) in [6.07, 6.45) is 34.3. The van der Waals surface area contributed by atoms with Gasteiger partial charge in [0.1, 0.15) is 0 Å². The molecule has 196 valence electrons. The number of ether oxygens (including phenoxy) is 2. The van der Waals surface area contributed by atoms with E-state index in [1.54, 1.807) is 0 Å². The summed E-state index contributed by atoms with van der Waals surface area (Å²) < 4.78 is 12.0. The fourth-order valence-electron chi connectivity index (χ4n) is 5.14. The van der Waals surface area contributed by atoms with Gasteiger partial charge in [-0.1, -0.05) is 129 Å². The van der Waals surface area contributed by atoms with Gasteiger partial charge >= 0.3 is 0 Å². The Labute approximate surface area is 211 Å². The van der Waals surface area contributed by atoms with E-state index >= 15 is 0 Å². The van der Waals surface area contributed by atoms with Gasteiger partial charge < -0.3 is 9.47 Å². The first-order valence-corrected chi connectivity index (χ1v) is 15.0. The topological polar surface area (TPSA) is 31.4 Å². The predicted octanol–water partition coefficient (Wildman–Crippen LogP) is 9.58. The molecule has 2 atom stereocenters. The van der Waals surface area contributed by atoms with Gasteiger partial charge in [-0.2, -0.15) is 0 Å². The van der Waals surface area contributed by atoms with Gasteiger partial charge in [0, 0.05) is 18.8 Å². The molecule has 0 N–H and O–H groups in total. The molecule has 1 aliphatic rings. The minimum absolute atomic E-state index is 0.0113. The molecule has 1 saturated heterocycles. The molecule has 0 aliphatic carbocycles. The summed E-state index contributed by atoms with van der Waals surface area (Å²) in [5, 5.41) is 0. The van der Waals surface area contributed by atoms with Crippen LogP contribution in [0.1, 0.15) is 147 Å². The number of unbranched alkanes of at least 4 members (excludes halogenated alkanes) is 17. The molecular formula is C31H55NO2. The van der Waals surface area contributed by atoms with Crippen molar-refractivity contribution in [2.24, 2.45) is 0 Å². The fraction of sp³-hybridized carbons (Fsp3) is 0.839. The zero-order valence-corrected chi connectivity index (χ0v) is 22.5. The molecule has 2 rings (SSSR count). The summed E-state index contributed by atoms with van der Waals surface area (Å²) in [4.78, 5) is 4.16. The van der Waals surface area contributed by atoms with Crippen molar-refractivity contribution in [2.45, 2.75) is 161 Å². The second kappa shape index (κ2) is 21.4. The Balaban J connectivity index is 1.26. The SMILES string of the molecule is CCCCCCCCCCCCCCCCCCCCC1CCC(OCCc2cccnc2)O1. The normalized spacial score (nSPS) is 18.0. The molecule has 0 spiro atoms. The number of pyridine rings is 1. The van der Waals surface area contributed by atoms with Crippen LogP contribution in [0.4, 0.5) is 0 Å². The third-order valence-corrected chi connectivity index (χ3v) is 7.37. The molecule has 3 heteroatoms. The minimum atomic E-state index is 0.0113. The maximum absolute atomic E-state index is 6.09. The van der Waals surface area contributed by atoms with Crippen LogP contribution in [-0.2, 0) is 15.9 Å². The number of rotatable bonds is 23. The molecule has 0 saturated carbocycles. The lowest BCUT2D eigenvalue weighted by Crippen LogP contribution is -2.16. The maximum Gasteiger partial charge on any atom is 0.158 e. The average molecular weight is 474 g/mol. The number of hydrogen-bond donors (Lipinski definition) is 0. The summed E-state index contributed by atoms with van der Waals surface area (Å²) in [5.74, 6) is 0. The van der Waals surface area contributed by atoms with Crippen LogP contribution in [0.5, 0.6) is 0 Å². The molecule has 2 heterocycles.